The minimum Gasteiger partial charge on any atom is -0.316 e. The second kappa shape index (κ2) is 10.8. The molecule has 1 aliphatic heterocycles. The number of rotatable bonds is 8. The first-order chi connectivity index (χ1) is 14.9. The van der Waals surface area contributed by atoms with Crippen molar-refractivity contribution in [3.63, 3.8) is 0 Å². The van der Waals surface area contributed by atoms with Crippen LogP contribution in [-0.4, -0.2) is 48.2 Å². The Kier molecular flexibility index (Phi) is 8.90. The van der Waals surface area contributed by atoms with Gasteiger partial charge in [0.1, 0.15) is 4.87 Å². The van der Waals surface area contributed by atoms with Gasteiger partial charge in [-0.25, -0.2) is 5.01 Å². The lowest BCUT2D eigenvalue weighted by molar-refractivity contribution is -0.143. The average Bonchev–Trinajstić information content (AvgIpc) is 3.08. The molecule has 2 rings (SSSR count). The molecule has 0 aromatic heterocycles. The monoisotopic (exact) mass is 461 g/mol. The standard InChI is InChI=1S/C24H39N5O2S/c1-8-25-16-17-26-15-14-24(18-12-10-9-11-13-18)29(20(31)23(5,6)7)28-21(32-24)27-19(30)22(2,3)4/h9-13,25-26H,8,14-17H2,1-7H3,(H,27,28,30). The third-order valence-electron chi connectivity index (χ3n) is 5.13. The number of nitrogens with zero attached hydrogens (tertiary/aromatic N) is 2. The predicted molar refractivity (Wildman–Crippen MR) is 133 cm³/mol. The van der Waals surface area contributed by atoms with E-state index in [1.807, 2.05) is 71.9 Å². The molecule has 2 amide bonds. The molecule has 1 aromatic carbocycles. The van der Waals surface area contributed by atoms with Crippen LogP contribution in [0, 0.1) is 10.8 Å². The van der Waals surface area contributed by atoms with Crippen LogP contribution >= 0.6 is 11.8 Å². The molecule has 1 aromatic rings. The summed E-state index contributed by atoms with van der Waals surface area (Å²) in [7, 11) is 0. The molecule has 1 heterocycles. The number of hydrazone groups is 1. The summed E-state index contributed by atoms with van der Waals surface area (Å²) in [4.78, 5) is 25.5. The molecule has 1 atom stereocenters. The minimum atomic E-state index is -0.739. The van der Waals surface area contributed by atoms with E-state index >= 15 is 0 Å². The lowest BCUT2D eigenvalue weighted by Crippen LogP contribution is -2.47. The van der Waals surface area contributed by atoms with Crippen LogP contribution in [0.15, 0.2) is 35.4 Å². The molecular weight excluding hydrogens is 422 g/mol. The molecule has 32 heavy (non-hydrogen) atoms. The van der Waals surface area contributed by atoms with E-state index in [1.54, 1.807) is 5.01 Å². The molecule has 1 unspecified atom stereocenters. The van der Waals surface area contributed by atoms with E-state index in [0.717, 1.165) is 25.2 Å². The van der Waals surface area contributed by atoms with E-state index in [-0.39, 0.29) is 11.8 Å². The molecule has 0 saturated carbocycles. The van der Waals surface area contributed by atoms with Gasteiger partial charge in [-0.2, -0.15) is 0 Å². The fourth-order valence-corrected chi connectivity index (χ4v) is 4.43. The Labute approximate surface area is 197 Å². The normalized spacial score (nSPS) is 19.1. The van der Waals surface area contributed by atoms with Crippen LogP contribution in [-0.2, 0) is 14.5 Å². The third kappa shape index (κ3) is 6.56. The van der Waals surface area contributed by atoms with Gasteiger partial charge in [0.25, 0.3) is 0 Å². The number of amidine groups is 1. The van der Waals surface area contributed by atoms with Crippen molar-refractivity contribution in [2.45, 2.75) is 59.8 Å². The van der Waals surface area contributed by atoms with Crippen LogP contribution in [0.1, 0.15) is 60.5 Å². The first-order valence-corrected chi connectivity index (χ1v) is 12.1. The number of likely N-dealkylation sites (N-methyl/N-ethyl adjacent to an activating group) is 1. The summed E-state index contributed by atoms with van der Waals surface area (Å²) in [5.41, 5.74) is -0.195. The maximum Gasteiger partial charge on any atom is 0.249 e. The first kappa shape index (κ1) is 26.4. The number of carbonyl (C=O) groups excluding carboxylic acids is 2. The fourth-order valence-electron chi connectivity index (χ4n) is 3.17. The van der Waals surface area contributed by atoms with Crippen molar-refractivity contribution < 1.29 is 9.59 Å². The van der Waals surface area contributed by atoms with Crippen molar-refractivity contribution in [2.75, 3.05) is 26.2 Å². The molecule has 0 saturated heterocycles. The number of benzene rings is 1. The highest BCUT2D eigenvalue weighted by atomic mass is 32.2. The molecule has 0 radical (unpaired) electrons. The molecule has 3 N–H and O–H groups in total. The van der Waals surface area contributed by atoms with Gasteiger partial charge in [0.15, 0.2) is 5.17 Å². The molecular formula is C24H39N5O2S. The maximum atomic E-state index is 13.5. The smallest absolute Gasteiger partial charge is 0.249 e. The second-order valence-corrected chi connectivity index (χ2v) is 11.3. The summed E-state index contributed by atoms with van der Waals surface area (Å²) in [5, 5.41) is 16.4. The van der Waals surface area contributed by atoms with Crippen molar-refractivity contribution in [3.05, 3.63) is 35.9 Å². The van der Waals surface area contributed by atoms with Gasteiger partial charge in [-0.1, -0.05) is 90.6 Å². The number of carbonyl (C=O) groups is 2. The van der Waals surface area contributed by atoms with Crippen molar-refractivity contribution in [3.8, 4) is 0 Å². The largest absolute Gasteiger partial charge is 0.316 e. The van der Waals surface area contributed by atoms with Crippen LogP contribution in [0.3, 0.4) is 0 Å². The molecule has 0 aliphatic carbocycles. The van der Waals surface area contributed by atoms with Crippen molar-refractivity contribution in [1.82, 2.24) is 21.0 Å². The van der Waals surface area contributed by atoms with E-state index in [1.165, 1.54) is 11.8 Å². The van der Waals surface area contributed by atoms with E-state index in [9.17, 15) is 9.59 Å². The highest BCUT2D eigenvalue weighted by molar-refractivity contribution is 8.14. The fraction of sp³-hybridized carbons (Fsp3) is 0.625. The van der Waals surface area contributed by atoms with Gasteiger partial charge in [-0.05, 0) is 25.1 Å². The number of thioether (sulfide) groups is 1. The second-order valence-electron chi connectivity index (χ2n) is 10.1. The molecule has 0 fully saturated rings. The Morgan fingerprint density at radius 3 is 2.16 bits per heavy atom. The van der Waals surface area contributed by atoms with Gasteiger partial charge in [0.05, 0.1) is 0 Å². The summed E-state index contributed by atoms with van der Waals surface area (Å²) >= 11 is 1.44. The Bertz CT molecular complexity index is 814. The Morgan fingerprint density at radius 2 is 1.59 bits per heavy atom. The summed E-state index contributed by atoms with van der Waals surface area (Å²) in [6.45, 7) is 16.7. The summed E-state index contributed by atoms with van der Waals surface area (Å²) in [6.07, 6.45) is 0.647. The van der Waals surface area contributed by atoms with E-state index in [0.29, 0.717) is 18.1 Å². The van der Waals surface area contributed by atoms with Crippen LogP contribution in [0.5, 0.6) is 0 Å². The Balaban J connectivity index is 2.39. The van der Waals surface area contributed by atoms with Gasteiger partial charge in [0.2, 0.25) is 11.8 Å². The van der Waals surface area contributed by atoms with Gasteiger partial charge >= 0.3 is 0 Å². The van der Waals surface area contributed by atoms with E-state index in [4.69, 9.17) is 0 Å². The summed E-state index contributed by atoms with van der Waals surface area (Å²) in [5.74, 6) is -0.207. The summed E-state index contributed by atoms with van der Waals surface area (Å²) in [6, 6.07) is 9.96. The number of amides is 2. The van der Waals surface area contributed by atoms with Gasteiger partial charge in [-0.15, -0.1) is 5.10 Å². The third-order valence-corrected chi connectivity index (χ3v) is 6.46. The average molecular weight is 462 g/mol. The summed E-state index contributed by atoms with van der Waals surface area (Å²) < 4.78 is 0. The molecule has 7 nitrogen and oxygen atoms in total. The lowest BCUT2D eigenvalue weighted by atomic mass is 9.93. The van der Waals surface area contributed by atoms with Gasteiger partial charge in [-0.3, -0.25) is 9.59 Å². The maximum absolute atomic E-state index is 13.5. The van der Waals surface area contributed by atoms with Crippen LogP contribution in [0.2, 0.25) is 0 Å². The topological polar surface area (TPSA) is 85.8 Å². The number of nitrogens with one attached hydrogen (secondary N) is 3. The van der Waals surface area contributed by atoms with Crippen LogP contribution in [0.25, 0.3) is 0 Å². The molecule has 178 valence electrons. The Morgan fingerprint density at radius 1 is 0.969 bits per heavy atom. The molecule has 0 bridgehead atoms. The minimum absolute atomic E-state index is 0.0819. The van der Waals surface area contributed by atoms with Gasteiger partial charge < -0.3 is 16.0 Å². The van der Waals surface area contributed by atoms with Crippen molar-refractivity contribution >= 4 is 28.7 Å². The molecule has 1 aliphatic rings. The van der Waals surface area contributed by atoms with Crippen LogP contribution in [0.4, 0.5) is 0 Å². The zero-order valence-electron chi connectivity index (χ0n) is 20.5. The SMILES string of the molecule is CCNCCNCCC1(c2ccccc2)SC(NC(=O)C(C)(C)C)=NN1C(=O)C(C)(C)C. The van der Waals surface area contributed by atoms with E-state index < -0.39 is 15.7 Å². The molecule has 0 spiro atoms. The van der Waals surface area contributed by atoms with E-state index in [2.05, 4.69) is 28.0 Å². The van der Waals surface area contributed by atoms with Crippen molar-refractivity contribution in [2.24, 2.45) is 15.9 Å². The number of hydrogen-bond acceptors (Lipinski definition) is 6. The quantitative estimate of drug-likeness (QED) is 0.516. The lowest BCUT2D eigenvalue weighted by Gasteiger charge is -2.38. The zero-order chi connectivity index (χ0) is 24.0. The highest BCUT2D eigenvalue weighted by Gasteiger charge is 2.50. The van der Waals surface area contributed by atoms with Crippen molar-refractivity contribution in [1.29, 1.82) is 0 Å². The predicted octanol–water partition coefficient (Wildman–Crippen LogP) is 3.48. The zero-order valence-corrected chi connectivity index (χ0v) is 21.4. The van der Waals surface area contributed by atoms with Crippen LogP contribution < -0.4 is 16.0 Å². The number of hydrogen-bond donors (Lipinski definition) is 3. The highest BCUT2D eigenvalue weighted by Crippen LogP contribution is 2.49. The molecule has 8 heteroatoms. The first-order valence-electron chi connectivity index (χ1n) is 11.3. The van der Waals surface area contributed by atoms with Gasteiger partial charge in [0, 0.05) is 23.9 Å². The Hall–Kier alpha value is -1.90.